The molecule has 0 spiro atoms. The highest BCUT2D eigenvalue weighted by atomic mass is 16.3. The molecule has 12 aromatic rings. The van der Waals surface area contributed by atoms with Crippen LogP contribution in [-0.2, 0) is 0 Å². The summed E-state index contributed by atoms with van der Waals surface area (Å²) in [5, 5.41) is 6.60. The third-order valence-corrected chi connectivity index (χ3v) is 11.1. The van der Waals surface area contributed by atoms with Gasteiger partial charge in [0.1, 0.15) is 22.3 Å². The third kappa shape index (κ3) is 4.94. The zero-order valence-corrected chi connectivity index (χ0v) is 30.4. The number of aromatic nitrogens is 4. The van der Waals surface area contributed by atoms with Crippen LogP contribution in [0.5, 0.6) is 0 Å². The van der Waals surface area contributed by atoms with Crippen LogP contribution < -0.4 is 0 Å². The Kier molecular flexibility index (Phi) is 6.83. The van der Waals surface area contributed by atoms with Gasteiger partial charge in [0.2, 0.25) is 0 Å². The molecule has 0 aliphatic heterocycles. The molecule has 6 heteroatoms. The summed E-state index contributed by atoms with van der Waals surface area (Å²) in [5.41, 5.74) is 11.3. The first kappa shape index (κ1) is 31.5. The lowest BCUT2D eigenvalue weighted by Crippen LogP contribution is -2.00. The molecule has 8 aromatic carbocycles. The van der Waals surface area contributed by atoms with E-state index in [-0.39, 0.29) is 0 Å². The monoisotopic (exact) mass is 730 g/mol. The molecule has 0 saturated carbocycles. The molecule has 4 aromatic heterocycles. The Morgan fingerprint density at radius 2 is 0.842 bits per heavy atom. The summed E-state index contributed by atoms with van der Waals surface area (Å²) >= 11 is 0. The summed E-state index contributed by atoms with van der Waals surface area (Å²) in [5.74, 6) is 1.77. The molecule has 0 unspecified atom stereocenters. The fourth-order valence-electron chi connectivity index (χ4n) is 8.43. The topological polar surface area (TPSA) is 69.9 Å². The molecule has 12 rings (SSSR count). The van der Waals surface area contributed by atoms with Crippen LogP contribution in [0.4, 0.5) is 0 Å². The van der Waals surface area contributed by atoms with Crippen molar-refractivity contribution in [3.8, 4) is 51.0 Å². The van der Waals surface area contributed by atoms with E-state index < -0.39 is 0 Å². The van der Waals surface area contributed by atoms with Crippen molar-refractivity contribution in [1.29, 1.82) is 0 Å². The van der Waals surface area contributed by atoms with Crippen molar-refractivity contribution in [2.75, 3.05) is 0 Å². The van der Waals surface area contributed by atoms with E-state index in [2.05, 4.69) is 114 Å². The predicted molar refractivity (Wildman–Crippen MR) is 230 cm³/mol. The Labute approximate surface area is 325 Å². The molecular formula is C51H30N4O2. The van der Waals surface area contributed by atoms with Crippen LogP contribution in [-0.4, -0.2) is 19.5 Å². The Morgan fingerprint density at radius 3 is 1.49 bits per heavy atom. The van der Waals surface area contributed by atoms with Crippen molar-refractivity contribution in [1.82, 2.24) is 19.5 Å². The lowest BCUT2D eigenvalue weighted by atomic mass is 10.00. The summed E-state index contributed by atoms with van der Waals surface area (Å²) in [6.45, 7) is 0. The normalized spacial score (nSPS) is 11.9. The highest BCUT2D eigenvalue weighted by molar-refractivity contribution is 6.14. The van der Waals surface area contributed by atoms with Crippen LogP contribution in [0.25, 0.3) is 117 Å². The number of fused-ring (bicyclic) bond motifs is 9. The Bertz CT molecular complexity index is 3410. The molecule has 57 heavy (non-hydrogen) atoms. The van der Waals surface area contributed by atoms with Crippen LogP contribution in [0.2, 0.25) is 0 Å². The predicted octanol–water partition coefficient (Wildman–Crippen LogP) is 13.4. The van der Waals surface area contributed by atoms with E-state index in [4.69, 9.17) is 23.8 Å². The number of hydrogen-bond donors (Lipinski definition) is 0. The highest BCUT2D eigenvalue weighted by Crippen LogP contribution is 2.42. The van der Waals surface area contributed by atoms with Crippen molar-refractivity contribution in [3.05, 3.63) is 182 Å². The minimum absolute atomic E-state index is 0.555. The molecule has 0 aliphatic rings. The minimum Gasteiger partial charge on any atom is -0.456 e. The van der Waals surface area contributed by atoms with Gasteiger partial charge in [-0.25, -0.2) is 15.0 Å². The minimum atomic E-state index is 0.555. The maximum absolute atomic E-state index is 6.92. The first-order valence-electron chi connectivity index (χ1n) is 19.0. The summed E-state index contributed by atoms with van der Waals surface area (Å²) in [7, 11) is 0. The molecule has 4 heterocycles. The second-order valence-corrected chi connectivity index (χ2v) is 14.4. The van der Waals surface area contributed by atoms with Gasteiger partial charge >= 0.3 is 0 Å². The summed E-state index contributed by atoms with van der Waals surface area (Å²) < 4.78 is 15.7. The number of benzene rings is 8. The van der Waals surface area contributed by atoms with Gasteiger partial charge in [-0.15, -0.1) is 0 Å². The maximum Gasteiger partial charge on any atom is 0.167 e. The number of rotatable bonds is 5. The van der Waals surface area contributed by atoms with Gasteiger partial charge in [-0.2, -0.15) is 0 Å². The second-order valence-electron chi connectivity index (χ2n) is 14.4. The molecule has 0 amide bonds. The van der Waals surface area contributed by atoms with Gasteiger partial charge in [0.05, 0.1) is 16.6 Å². The van der Waals surface area contributed by atoms with Gasteiger partial charge in [-0.3, -0.25) is 0 Å². The van der Waals surface area contributed by atoms with Gasteiger partial charge in [-0.1, -0.05) is 133 Å². The number of hydrogen-bond acceptors (Lipinski definition) is 5. The van der Waals surface area contributed by atoms with Crippen molar-refractivity contribution in [2.45, 2.75) is 0 Å². The molecule has 0 fully saturated rings. The summed E-state index contributed by atoms with van der Waals surface area (Å²) in [6, 6.07) is 62.7. The van der Waals surface area contributed by atoms with E-state index in [0.717, 1.165) is 77.4 Å². The van der Waals surface area contributed by atoms with Crippen molar-refractivity contribution >= 4 is 65.7 Å². The van der Waals surface area contributed by atoms with Crippen LogP contribution >= 0.6 is 0 Å². The van der Waals surface area contributed by atoms with Crippen LogP contribution in [0.3, 0.4) is 0 Å². The lowest BCUT2D eigenvalue weighted by Gasteiger charge is -2.08. The second kappa shape index (κ2) is 12.3. The zero-order valence-electron chi connectivity index (χ0n) is 30.4. The smallest absolute Gasteiger partial charge is 0.167 e. The number of para-hydroxylation sites is 4. The Balaban J connectivity index is 1.02. The van der Waals surface area contributed by atoms with E-state index in [1.165, 1.54) is 21.8 Å². The number of nitrogens with zero attached hydrogens (tertiary/aromatic N) is 4. The average Bonchev–Trinajstić information content (AvgIpc) is 3.96. The molecule has 0 N–H and O–H groups in total. The lowest BCUT2D eigenvalue weighted by molar-refractivity contribution is 0.668. The first-order valence-corrected chi connectivity index (χ1v) is 19.0. The van der Waals surface area contributed by atoms with Gasteiger partial charge in [-0.05, 0) is 54.1 Å². The van der Waals surface area contributed by atoms with Crippen molar-refractivity contribution in [2.24, 2.45) is 0 Å². The van der Waals surface area contributed by atoms with E-state index in [1.807, 2.05) is 72.8 Å². The first-order chi connectivity index (χ1) is 28.2. The molecule has 266 valence electrons. The van der Waals surface area contributed by atoms with Gasteiger partial charge in [0, 0.05) is 54.7 Å². The molecule has 0 aliphatic carbocycles. The van der Waals surface area contributed by atoms with Gasteiger partial charge in [0.15, 0.2) is 17.5 Å². The molecule has 6 nitrogen and oxygen atoms in total. The molecule has 0 radical (unpaired) electrons. The molecule has 0 saturated heterocycles. The van der Waals surface area contributed by atoms with Crippen LogP contribution in [0.15, 0.2) is 191 Å². The van der Waals surface area contributed by atoms with Gasteiger partial charge in [0.25, 0.3) is 0 Å². The summed E-state index contributed by atoms with van der Waals surface area (Å²) in [4.78, 5) is 14.9. The fourth-order valence-corrected chi connectivity index (χ4v) is 8.43. The quantitative estimate of drug-likeness (QED) is 0.176. The van der Waals surface area contributed by atoms with Crippen LogP contribution in [0.1, 0.15) is 0 Å². The molecular weight excluding hydrogens is 701 g/mol. The molecule has 0 atom stereocenters. The van der Waals surface area contributed by atoms with Crippen molar-refractivity contribution < 1.29 is 8.83 Å². The fraction of sp³-hybridized carbons (Fsp3) is 0. The Morgan fingerprint density at radius 1 is 0.333 bits per heavy atom. The summed E-state index contributed by atoms with van der Waals surface area (Å²) in [6.07, 6.45) is 0. The highest BCUT2D eigenvalue weighted by Gasteiger charge is 2.20. The van der Waals surface area contributed by atoms with E-state index in [9.17, 15) is 0 Å². The zero-order chi connectivity index (χ0) is 37.5. The van der Waals surface area contributed by atoms with E-state index >= 15 is 0 Å². The maximum atomic E-state index is 6.92. The largest absolute Gasteiger partial charge is 0.456 e. The third-order valence-electron chi connectivity index (χ3n) is 11.1. The number of furan rings is 2. The SMILES string of the molecule is c1ccc(-c2nc(-c3ccccc3)nc(-c3cccc4c3oc3c(-c5ccc6oc7ccc(-n8c9ccccc9c9ccccc98)cc7c6c5)cccc34)n2)cc1. The standard InChI is InChI=1S/C51H30N4O2/c1-3-13-31(14-4-1)49-52-50(32-15-5-2-6-16-32)54-51(53-49)40-22-12-21-39-38-20-11-19-35(47(38)57-48(39)40)33-25-27-45-41(29-33)42-30-34(26-28-46(42)56-45)55-43-23-9-7-17-36(43)37-18-8-10-24-44(37)55/h1-30H. The Hall–Kier alpha value is -7.83. The van der Waals surface area contributed by atoms with E-state index in [1.54, 1.807) is 0 Å². The van der Waals surface area contributed by atoms with E-state index in [0.29, 0.717) is 17.5 Å². The average molecular weight is 731 g/mol. The van der Waals surface area contributed by atoms with Gasteiger partial charge < -0.3 is 13.4 Å². The van der Waals surface area contributed by atoms with Crippen molar-refractivity contribution in [3.63, 3.8) is 0 Å². The molecule has 0 bridgehead atoms. The van der Waals surface area contributed by atoms with Crippen LogP contribution in [0, 0.1) is 0 Å².